The van der Waals surface area contributed by atoms with Crippen LogP contribution in [-0.2, 0) is 43.0 Å². The Kier molecular flexibility index (Phi) is 19.5. The van der Waals surface area contributed by atoms with Crippen LogP contribution in [0.1, 0.15) is 27.2 Å². The third kappa shape index (κ3) is 15.7. The minimum absolute atomic E-state index is 0.0311. The van der Waals surface area contributed by atoms with Gasteiger partial charge in [-0.25, -0.2) is 0 Å². The first-order valence-corrected chi connectivity index (χ1v) is 14.8. The fourth-order valence-corrected chi connectivity index (χ4v) is 4.36. The average Bonchev–Trinajstić information content (AvgIpc) is 2.99. The molecule has 0 saturated carbocycles. The van der Waals surface area contributed by atoms with Gasteiger partial charge >= 0.3 is 0 Å². The fraction of sp³-hybridized carbons (Fsp3) is 0.778. The lowest BCUT2D eigenvalue weighted by Crippen LogP contribution is -2.64. The third-order valence-corrected chi connectivity index (χ3v) is 6.66. The Morgan fingerprint density at radius 2 is 1.46 bits per heavy atom. The lowest BCUT2D eigenvalue weighted by Gasteiger charge is -2.43. The summed E-state index contributed by atoms with van der Waals surface area (Å²) < 4.78 is 16.2. The van der Waals surface area contributed by atoms with E-state index in [1.54, 1.807) is 0 Å². The van der Waals surface area contributed by atoms with Gasteiger partial charge < -0.3 is 66.1 Å². The monoisotopic (exact) mass is 664 g/mol. The number of rotatable bonds is 21. The smallest absolute Gasteiger partial charge is 0.246 e. The van der Waals surface area contributed by atoms with Crippen molar-refractivity contribution >= 4 is 35.4 Å². The number of hydrogen-bond donors (Lipinski definition) is 9. The minimum Gasteiger partial charge on any atom is -0.394 e. The molecule has 0 aromatic carbocycles. The Hall–Kier alpha value is -3.46. The van der Waals surface area contributed by atoms with Crippen molar-refractivity contribution in [3.63, 3.8) is 0 Å². The highest BCUT2D eigenvalue weighted by molar-refractivity contribution is 5.87. The first-order chi connectivity index (χ1) is 21.8. The molecule has 0 radical (unpaired) electrons. The maximum Gasteiger partial charge on any atom is 0.246 e. The SMILES string of the molecule is CC(=O)NC(CO)C(=O)NCCNC(=O)COCCOCCNC(=O)CN(CCC1OC(CO)C(O)C(O)C1NC(C)=O)C(C)=O. The molecule has 0 aromatic rings. The molecule has 0 bridgehead atoms. The van der Waals surface area contributed by atoms with Gasteiger partial charge in [0.2, 0.25) is 35.4 Å². The van der Waals surface area contributed by atoms with Crippen LogP contribution in [0.3, 0.4) is 0 Å². The van der Waals surface area contributed by atoms with Gasteiger partial charge in [0.25, 0.3) is 0 Å². The predicted octanol–water partition coefficient (Wildman–Crippen LogP) is -5.91. The maximum atomic E-state index is 12.4. The van der Waals surface area contributed by atoms with Gasteiger partial charge in [-0.05, 0) is 6.42 Å². The van der Waals surface area contributed by atoms with Crippen LogP contribution in [0, 0.1) is 0 Å². The summed E-state index contributed by atoms with van der Waals surface area (Å²) in [6.07, 6.45) is -4.67. The van der Waals surface area contributed by atoms with Crippen LogP contribution in [0.15, 0.2) is 0 Å². The molecule has 19 nitrogen and oxygen atoms in total. The molecule has 6 amide bonds. The summed E-state index contributed by atoms with van der Waals surface area (Å²) in [5.74, 6) is -2.81. The molecule has 1 heterocycles. The minimum atomic E-state index is -1.43. The van der Waals surface area contributed by atoms with Crippen LogP contribution in [0.5, 0.6) is 0 Å². The van der Waals surface area contributed by atoms with Crippen molar-refractivity contribution in [1.82, 2.24) is 31.5 Å². The van der Waals surface area contributed by atoms with Gasteiger partial charge in [-0.1, -0.05) is 0 Å². The largest absolute Gasteiger partial charge is 0.394 e. The summed E-state index contributed by atoms with van der Waals surface area (Å²) in [5.41, 5.74) is 0. The Balaban J connectivity index is 2.25. The highest BCUT2D eigenvalue weighted by atomic mass is 16.5. The molecule has 6 atom stereocenters. The van der Waals surface area contributed by atoms with Gasteiger partial charge in [0.1, 0.15) is 31.0 Å². The zero-order valence-corrected chi connectivity index (χ0v) is 26.4. The molecule has 264 valence electrons. The molecule has 0 spiro atoms. The predicted molar refractivity (Wildman–Crippen MR) is 158 cm³/mol. The van der Waals surface area contributed by atoms with E-state index in [1.807, 2.05) is 0 Å². The van der Waals surface area contributed by atoms with E-state index in [1.165, 1.54) is 25.7 Å². The number of nitrogens with zero attached hydrogens (tertiary/aromatic N) is 1. The Bertz CT molecular complexity index is 1000. The standard InChI is InChI=1S/C27H48N6O13/c1-16(36)31-19(13-34)27(43)30-6-5-28-23(40)15-45-11-10-44-9-7-29-22(39)12-33(18(3)38)8-4-20-24(32-17(2)37)26(42)25(41)21(14-35)46-20/h19-21,24-26,34-35,41-42H,4-15H2,1-3H3,(H,28,40)(H,29,39)(H,30,43)(H,31,36)(H,32,37). The number of amides is 6. The second-order valence-electron chi connectivity index (χ2n) is 10.4. The van der Waals surface area contributed by atoms with E-state index < -0.39 is 85.2 Å². The Morgan fingerprint density at radius 1 is 0.804 bits per heavy atom. The normalized spacial score (nSPS) is 21.4. The van der Waals surface area contributed by atoms with Gasteiger partial charge in [-0.2, -0.15) is 0 Å². The molecule has 1 rings (SSSR count). The number of aliphatic hydroxyl groups is 4. The second-order valence-corrected chi connectivity index (χ2v) is 10.4. The van der Waals surface area contributed by atoms with Gasteiger partial charge in [0, 0.05) is 47.0 Å². The number of hydrogen-bond acceptors (Lipinski definition) is 13. The summed E-state index contributed by atoms with van der Waals surface area (Å²) in [4.78, 5) is 72.0. The molecular weight excluding hydrogens is 616 g/mol. The van der Waals surface area contributed by atoms with Crippen LogP contribution in [-0.4, -0.2) is 170 Å². The van der Waals surface area contributed by atoms with Crippen LogP contribution in [0.4, 0.5) is 0 Å². The summed E-state index contributed by atoms with van der Waals surface area (Å²) in [7, 11) is 0. The van der Waals surface area contributed by atoms with Crippen molar-refractivity contribution in [1.29, 1.82) is 0 Å². The summed E-state index contributed by atoms with van der Waals surface area (Å²) in [5, 5.41) is 51.6. The van der Waals surface area contributed by atoms with E-state index in [4.69, 9.17) is 19.3 Å². The van der Waals surface area contributed by atoms with Crippen LogP contribution >= 0.6 is 0 Å². The first-order valence-electron chi connectivity index (χ1n) is 14.8. The van der Waals surface area contributed by atoms with Crippen molar-refractivity contribution in [3.8, 4) is 0 Å². The molecule has 46 heavy (non-hydrogen) atoms. The van der Waals surface area contributed by atoms with Crippen molar-refractivity contribution in [2.75, 3.05) is 72.4 Å². The molecular formula is C27H48N6O13. The quantitative estimate of drug-likeness (QED) is 0.0518. The zero-order chi connectivity index (χ0) is 34.6. The van der Waals surface area contributed by atoms with E-state index in [0.29, 0.717) is 0 Å². The molecule has 9 N–H and O–H groups in total. The number of nitrogens with one attached hydrogen (secondary N) is 5. The van der Waals surface area contributed by atoms with Crippen molar-refractivity contribution < 1.29 is 63.4 Å². The highest BCUT2D eigenvalue weighted by Gasteiger charge is 2.44. The Labute approximate surface area is 266 Å². The van der Waals surface area contributed by atoms with Crippen molar-refractivity contribution in [3.05, 3.63) is 0 Å². The van der Waals surface area contributed by atoms with Gasteiger partial charge in [-0.15, -0.1) is 0 Å². The third-order valence-electron chi connectivity index (χ3n) is 6.66. The van der Waals surface area contributed by atoms with E-state index in [2.05, 4.69) is 26.6 Å². The van der Waals surface area contributed by atoms with E-state index in [0.717, 1.165) is 0 Å². The van der Waals surface area contributed by atoms with Crippen LogP contribution < -0.4 is 26.6 Å². The van der Waals surface area contributed by atoms with Crippen molar-refractivity contribution in [2.24, 2.45) is 0 Å². The second kappa shape index (κ2) is 22.1. The van der Waals surface area contributed by atoms with E-state index in [9.17, 15) is 44.1 Å². The van der Waals surface area contributed by atoms with Gasteiger partial charge in [0.05, 0.1) is 51.7 Å². The van der Waals surface area contributed by atoms with E-state index in [-0.39, 0.29) is 65.6 Å². The molecule has 19 heteroatoms. The number of ether oxygens (including phenoxy) is 3. The molecule has 1 aliphatic rings. The zero-order valence-electron chi connectivity index (χ0n) is 26.4. The summed E-state index contributed by atoms with van der Waals surface area (Å²) >= 11 is 0. The van der Waals surface area contributed by atoms with Gasteiger partial charge in [-0.3, -0.25) is 28.8 Å². The number of carbonyl (C=O) groups is 6. The molecule has 0 aromatic heterocycles. The summed E-state index contributed by atoms with van der Waals surface area (Å²) in [6.45, 7) is 2.78. The molecule has 1 fully saturated rings. The first kappa shape index (κ1) is 40.6. The fourth-order valence-electron chi connectivity index (χ4n) is 4.36. The highest BCUT2D eigenvalue weighted by Crippen LogP contribution is 2.23. The van der Waals surface area contributed by atoms with Gasteiger partial charge in [0.15, 0.2) is 0 Å². The molecule has 0 aliphatic carbocycles. The lowest BCUT2D eigenvalue weighted by molar-refractivity contribution is -0.197. The molecule has 1 saturated heterocycles. The average molecular weight is 665 g/mol. The van der Waals surface area contributed by atoms with Crippen molar-refractivity contribution in [2.45, 2.75) is 63.7 Å². The Morgan fingerprint density at radius 3 is 2.07 bits per heavy atom. The molecule has 1 aliphatic heterocycles. The molecule has 6 unspecified atom stereocenters. The summed E-state index contributed by atoms with van der Waals surface area (Å²) in [6, 6.07) is -2.06. The van der Waals surface area contributed by atoms with E-state index >= 15 is 0 Å². The lowest BCUT2D eigenvalue weighted by atomic mass is 9.91. The number of carbonyl (C=O) groups excluding carboxylic acids is 6. The van der Waals surface area contributed by atoms with Crippen LogP contribution in [0.2, 0.25) is 0 Å². The maximum absolute atomic E-state index is 12.4. The number of aliphatic hydroxyl groups excluding tert-OH is 4. The van der Waals surface area contributed by atoms with Crippen LogP contribution in [0.25, 0.3) is 0 Å². The topological polar surface area (TPSA) is 274 Å².